The second-order valence-corrected chi connectivity index (χ2v) is 4.87. The van der Waals surface area contributed by atoms with Crippen LogP contribution in [0.3, 0.4) is 0 Å². The van der Waals surface area contributed by atoms with E-state index in [0.717, 1.165) is 3.57 Å². The topological polar surface area (TPSA) is 52.3 Å². The van der Waals surface area contributed by atoms with Crippen molar-refractivity contribution in [2.45, 2.75) is 0 Å². The van der Waals surface area contributed by atoms with Crippen molar-refractivity contribution in [1.29, 1.82) is 5.26 Å². The lowest BCUT2D eigenvalue weighted by Gasteiger charge is -2.04. The lowest BCUT2D eigenvalue weighted by molar-refractivity contribution is 0.643. The fourth-order valence-electron chi connectivity index (χ4n) is 0.818. The van der Waals surface area contributed by atoms with Gasteiger partial charge in [0.25, 0.3) is 0 Å². The molecule has 0 aromatic carbocycles. The zero-order chi connectivity index (χ0) is 11.4. The highest BCUT2D eigenvalue weighted by Crippen LogP contribution is 2.27. The number of hydrogen-bond donors (Lipinski definition) is 0. The van der Waals surface area contributed by atoms with E-state index in [-0.39, 0.29) is 0 Å². The number of nitriles is 1. The Morgan fingerprint density at radius 3 is 2.87 bits per heavy atom. The summed E-state index contributed by atoms with van der Waals surface area (Å²) in [6.45, 7) is 0. The quantitative estimate of drug-likeness (QED) is 0.451. The highest BCUT2D eigenvalue weighted by molar-refractivity contribution is 14.1. The van der Waals surface area contributed by atoms with E-state index < -0.39 is 0 Å². The second-order valence-electron chi connectivity index (χ2n) is 2.94. The summed E-state index contributed by atoms with van der Waals surface area (Å²) < 4.78 is 1.45. The van der Waals surface area contributed by atoms with E-state index in [1.165, 1.54) is 0 Å². The maximum atomic E-state index is 8.93. The molecule has 0 N–H and O–H groups in total. The normalized spacial score (nSPS) is 10.3. The molecule has 6 heteroatoms. The van der Waals surface area contributed by atoms with Crippen molar-refractivity contribution >= 4 is 50.7 Å². The van der Waals surface area contributed by atoms with Crippen molar-refractivity contribution < 1.29 is 0 Å². The van der Waals surface area contributed by atoms with Gasteiger partial charge in [0.2, 0.25) is 0 Å². The number of hydrogen-bond acceptors (Lipinski definition) is 3. The molecule has 0 bridgehead atoms. The van der Waals surface area contributed by atoms with Gasteiger partial charge in [0.15, 0.2) is 5.82 Å². The molecule has 0 fully saturated rings. The van der Waals surface area contributed by atoms with Gasteiger partial charge < -0.3 is 4.90 Å². The van der Waals surface area contributed by atoms with Crippen molar-refractivity contribution in [2.75, 3.05) is 14.1 Å². The Labute approximate surface area is 110 Å². The number of pyridine rings is 1. The van der Waals surface area contributed by atoms with Crippen molar-refractivity contribution in [1.82, 2.24) is 9.88 Å². The zero-order valence-corrected chi connectivity index (χ0v) is 11.9. The summed E-state index contributed by atoms with van der Waals surface area (Å²) >= 11 is 5.34. The third-order valence-corrected chi connectivity index (χ3v) is 3.10. The van der Waals surface area contributed by atoms with Crippen molar-refractivity contribution in [3.8, 4) is 6.07 Å². The average molecular weight is 379 g/mol. The third kappa shape index (κ3) is 3.14. The van der Waals surface area contributed by atoms with Crippen molar-refractivity contribution in [3.63, 3.8) is 0 Å². The van der Waals surface area contributed by atoms with E-state index in [9.17, 15) is 0 Å². The Balaban J connectivity index is 3.18. The minimum absolute atomic E-state index is 0.559. The third-order valence-electron chi connectivity index (χ3n) is 1.48. The van der Waals surface area contributed by atoms with Gasteiger partial charge in [0, 0.05) is 20.3 Å². The molecule has 1 heterocycles. The molecule has 1 aromatic heterocycles. The van der Waals surface area contributed by atoms with Crippen LogP contribution in [0, 0.1) is 14.9 Å². The fraction of sp³-hybridized carbons (Fsp3) is 0.222. The molecule has 0 spiro atoms. The first-order chi connectivity index (χ1) is 7.06. The van der Waals surface area contributed by atoms with Gasteiger partial charge in [0.05, 0.1) is 19.9 Å². The van der Waals surface area contributed by atoms with Gasteiger partial charge in [-0.2, -0.15) is 5.26 Å². The molecular weight excluding hydrogens is 371 g/mol. The standard InChI is InChI=1S/C9H8BrIN4/c1-15(2)5-14-9-8(11)6(3-12)7(10)4-13-9/h4-5H,1-2H3. The van der Waals surface area contributed by atoms with Crippen LogP contribution in [0.25, 0.3) is 0 Å². The lowest BCUT2D eigenvalue weighted by Crippen LogP contribution is -2.07. The monoisotopic (exact) mass is 378 g/mol. The van der Waals surface area contributed by atoms with Crippen LogP contribution in [-0.2, 0) is 0 Å². The summed E-state index contributed by atoms with van der Waals surface area (Å²) in [7, 11) is 3.75. The first-order valence-corrected chi connectivity index (χ1v) is 5.88. The summed E-state index contributed by atoms with van der Waals surface area (Å²) in [5, 5.41) is 8.93. The number of halogens is 2. The maximum absolute atomic E-state index is 8.93. The van der Waals surface area contributed by atoms with Gasteiger partial charge in [-0.25, -0.2) is 9.98 Å². The average Bonchev–Trinajstić information content (AvgIpc) is 2.17. The number of aliphatic imine (C=N–C) groups is 1. The molecule has 0 unspecified atom stereocenters. The Morgan fingerprint density at radius 2 is 2.33 bits per heavy atom. The molecular formula is C9H8BrIN4. The van der Waals surface area contributed by atoms with E-state index in [2.05, 4.69) is 54.6 Å². The molecule has 0 aliphatic heterocycles. The molecule has 0 aliphatic rings. The maximum Gasteiger partial charge on any atom is 0.168 e. The number of rotatable bonds is 2. The van der Waals surface area contributed by atoms with E-state index >= 15 is 0 Å². The van der Waals surface area contributed by atoms with Gasteiger partial charge in [-0.15, -0.1) is 0 Å². The van der Waals surface area contributed by atoms with Crippen LogP contribution in [0.5, 0.6) is 0 Å². The zero-order valence-electron chi connectivity index (χ0n) is 8.20. The molecule has 0 aliphatic carbocycles. The summed E-state index contributed by atoms with van der Waals surface area (Å²) in [4.78, 5) is 10.1. The predicted octanol–water partition coefficient (Wildman–Crippen LogP) is 2.54. The Bertz CT molecular complexity index is 436. The molecule has 78 valence electrons. The molecule has 0 saturated heterocycles. The molecule has 0 saturated carbocycles. The second kappa shape index (κ2) is 5.42. The first-order valence-electron chi connectivity index (χ1n) is 4.01. The van der Waals surface area contributed by atoms with Gasteiger partial charge in [0.1, 0.15) is 6.07 Å². The fourth-order valence-corrected chi connectivity index (χ4v) is 2.27. The minimum Gasteiger partial charge on any atom is -0.369 e. The Morgan fingerprint density at radius 1 is 1.67 bits per heavy atom. The van der Waals surface area contributed by atoms with Gasteiger partial charge in [-0.05, 0) is 38.5 Å². The van der Waals surface area contributed by atoms with Crippen LogP contribution in [0.4, 0.5) is 5.82 Å². The summed E-state index contributed by atoms with van der Waals surface area (Å²) in [6, 6.07) is 2.11. The Hall–Kier alpha value is -0.680. The van der Waals surface area contributed by atoms with E-state index in [4.69, 9.17) is 5.26 Å². The predicted molar refractivity (Wildman–Crippen MR) is 71.2 cm³/mol. The van der Waals surface area contributed by atoms with Crippen LogP contribution in [-0.4, -0.2) is 30.3 Å². The molecule has 15 heavy (non-hydrogen) atoms. The van der Waals surface area contributed by atoms with Crippen LogP contribution in [0.1, 0.15) is 5.56 Å². The van der Waals surface area contributed by atoms with E-state index in [1.54, 1.807) is 12.5 Å². The van der Waals surface area contributed by atoms with Gasteiger partial charge in [-0.3, -0.25) is 0 Å². The number of aromatic nitrogens is 1. The van der Waals surface area contributed by atoms with Crippen LogP contribution in [0.15, 0.2) is 15.7 Å². The highest BCUT2D eigenvalue weighted by Gasteiger charge is 2.09. The van der Waals surface area contributed by atoms with Gasteiger partial charge >= 0.3 is 0 Å². The largest absolute Gasteiger partial charge is 0.369 e. The smallest absolute Gasteiger partial charge is 0.168 e. The summed E-state index contributed by atoms with van der Waals surface area (Å²) in [5.74, 6) is 0.559. The molecule has 1 aromatic rings. The van der Waals surface area contributed by atoms with E-state index in [1.807, 2.05) is 19.0 Å². The minimum atomic E-state index is 0.559. The molecule has 0 radical (unpaired) electrons. The van der Waals surface area contributed by atoms with Crippen molar-refractivity contribution in [3.05, 3.63) is 19.8 Å². The first kappa shape index (κ1) is 12.4. The molecule has 0 amide bonds. The summed E-state index contributed by atoms with van der Waals surface area (Å²) in [5.41, 5.74) is 0.566. The van der Waals surface area contributed by atoms with Crippen LogP contribution < -0.4 is 0 Å². The lowest BCUT2D eigenvalue weighted by atomic mass is 10.3. The highest BCUT2D eigenvalue weighted by atomic mass is 127. The SMILES string of the molecule is CN(C)C=Nc1ncc(Br)c(C#N)c1I. The molecule has 1 rings (SSSR count). The van der Waals surface area contributed by atoms with Crippen LogP contribution >= 0.6 is 38.5 Å². The number of nitrogens with zero attached hydrogens (tertiary/aromatic N) is 4. The molecule has 0 atom stereocenters. The molecule has 4 nitrogen and oxygen atoms in total. The Kier molecular flexibility index (Phi) is 4.47. The van der Waals surface area contributed by atoms with Crippen LogP contribution in [0.2, 0.25) is 0 Å². The summed E-state index contributed by atoms with van der Waals surface area (Å²) in [6.07, 6.45) is 3.24. The van der Waals surface area contributed by atoms with Crippen molar-refractivity contribution in [2.24, 2.45) is 4.99 Å². The van der Waals surface area contributed by atoms with E-state index in [0.29, 0.717) is 15.9 Å². The van der Waals surface area contributed by atoms with Gasteiger partial charge in [-0.1, -0.05) is 0 Å².